The third-order valence-electron chi connectivity index (χ3n) is 3.21. The van der Waals surface area contributed by atoms with Crippen molar-refractivity contribution in [1.29, 1.82) is 0 Å². The van der Waals surface area contributed by atoms with Gasteiger partial charge in [-0.15, -0.1) is 0 Å². The fourth-order valence-electron chi connectivity index (χ4n) is 2.19. The average Bonchev–Trinajstić information content (AvgIpc) is 2.76. The lowest BCUT2D eigenvalue weighted by atomic mass is 10.0. The van der Waals surface area contributed by atoms with Crippen LogP contribution < -0.4 is 0 Å². The second-order valence-corrected chi connectivity index (χ2v) is 4.34. The Morgan fingerprint density at radius 3 is 2.88 bits per heavy atom. The molecule has 0 saturated heterocycles. The summed E-state index contributed by atoms with van der Waals surface area (Å²) in [5, 5.41) is 1.27. The van der Waals surface area contributed by atoms with Gasteiger partial charge in [0.25, 0.3) is 0 Å². The van der Waals surface area contributed by atoms with Crippen LogP contribution >= 0.6 is 0 Å². The molecule has 0 amide bonds. The molecule has 2 aromatic heterocycles. The van der Waals surface area contributed by atoms with Gasteiger partial charge < -0.3 is 4.98 Å². The predicted octanol–water partition coefficient (Wildman–Crippen LogP) is 3.46. The molecule has 84 valence electrons. The van der Waals surface area contributed by atoms with E-state index in [1.54, 1.807) is 0 Å². The van der Waals surface area contributed by atoms with Crippen LogP contribution in [0.15, 0.2) is 48.9 Å². The molecule has 0 fully saturated rings. The van der Waals surface area contributed by atoms with E-state index in [0.29, 0.717) is 0 Å². The summed E-state index contributed by atoms with van der Waals surface area (Å²) in [6, 6.07) is 10.6. The van der Waals surface area contributed by atoms with Crippen molar-refractivity contribution in [2.24, 2.45) is 0 Å². The molecular formula is C15H14N2. The van der Waals surface area contributed by atoms with Crippen LogP contribution in [0.5, 0.6) is 0 Å². The van der Waals surface area contributed by atoms with Gasteiger partial charge in [0, 0.05) is 17.8 Å². The van der Waals surface area contributed by atoms with Crippen molar-refractivity contribution in [2.45, 2.75) is 13.3 Å². The Morgan fingerprint density at radius 2 is 2.00 bits per heavy atom. The zero-order valence-electron chi connectivity index (χ0n) is 9.77. The standard InChI is InChI=1S/C15H14N2/c1-11-4-2-3-5-12(11)8-13-9-17-15-10-16-7-6-14(13)15/h2-7,9-10,17H,8H2,1H3. The first-order chi connectivity index (χ1) is 8.34. The van der Waals surface area contributed by atoms with Crippen molar-refractivity contribution in [3.05, 3.63) is 65.6 Å². The van der Waals surface area contributed by atoms with E-state index >= 15 is 0 Å². The summed E-state index contributed by atoms with van der Waals surface area (Å²) in [6.07, 6.45) is 6.77. The van der Waals surface area contributed by atoms with Gasteiger partial charge in [-0.1, -0.05) is 24.3 Å². The first-order valence-corrected chi connectivity index (χ1v) is 5.79. The van der Waals surface area contributed by atoms with Gasteiger partial charge in [-0.25, -0.2) is 0 Å². The molecule has 2 heterocycles. The SMILES string of the molecule is Cc1ccccc1Cc1c[nH]c2cnccc12. The third kappa shape index (κ3) is 1.82. The number of aromatic amines is 1. The summed E-state index contributed by atoms with van der Waals surface area (Å²) in [6.45, 7) is 2.16. The summed E-state index contributed by atoms with van der Waals surface area (Å²) in [5.74, 6) is 0. The van der Waals surface area contributed by atoms with Crippen LogP contribution in [-0.2, 0) is 6.42 Å². The van der Waals surface area contributed by atoms with Crippen LogP contribution in [-0.4, -0.2) is 9.97 Å². The van der Waals surface area contributed by atoms with Crippen LogP contribution in [0, 0.1) is 6.92 Å². The van der Waals surface area contributed by atoms with Crippen LogP contribution in [0.3, 0.4) is 0 Å². The fourth-order valence-corrected chi connectivity index (χ4v) is 2.19. The molecule has 0 unspecified atom stereocenters. The van der Waals surface area contributed by atoms with Crippen molar-refractivity contribution in [2.75, 3.05) is 0 Å². The van der Waals surface area contributed by atoms with Crippen molar-refractivity contribution in [3.8, 4) is 0 Å². The molecule has 0 aliphatic heterocycles. The van der Waals surface area contributed by atoms with Crippen molar-refractivity contribution in [1.82, 2.24) is 9.97 Å². The Hall–Kier alpha value is -2.09. The maximum Gasteiger partial charge on any atom is 0.0643 e. The van der Waals surface area contributed by atoms with Gasteiger partial charge in [-0.05, 0) is 36.1 Å². The van der Waals surface area contributed by atoms with E-state index in [9.17, 15) is 0 Å². The highest BCUT2D eigenvalue weighted by molar-refractivity contribution is 5.82. The molecule has 17 heavy (non-hydrogen) atoms. The van der Waals surface area contributed by atoms with Gasteiger partial charge in [0.05, 0.1) is 11.7 Å². The highest BCUT2D eigenvalue weighted by Crippen LogP contribution is 2.21. The molecule has 3 rings (SSSR count). The largest absolute Gasteiger partial charge is 0.360 e. The van der Waals surface area contributed by atoms with Gasteiger partial charge in [0.1, 0.15) is 0 Å². The summed E-state index contributed by atoms with van der Waals surface area (Å²) < 4.78 is 0. The third-order valence-corrected chi connectivity index (χ3v) is 3.21. The normalized spacial score (nSPS) is 10.9. The smallest absolute Gasteiger partial charge is 0.0643 e. The quantitative estimate of drug-likeness (QED) is 0.706. The Labute approximate surface area is 100 Å². The molecule has 1 aromatic carbocycles. The van der Waals surface area contributed by atoms with E-state index in [2.05, 4.69) is 53.4 Å². The van der Waals surface area contributed by atoms with E-state index in [-0.39, 0.29) is 0 Å². The summed E-state index contributed by atoms with van der Waals surface area (Å²) in [4.78, 5) is 7.38. The second-order valence-electron chi connectivity index (χ2n) is 4.34. The maximum absolute atomic E-state index is 4.12. The van der Waals surface area contributed by atoms with Gasteiger partial charge in [-0.3, -0.25) is 4.98 Å². The molecule has 1 N–H and O–H groups in total. The lowest BCUT2D eigenvalue weighted by molar-refractivity contribution is 1.17. The maximum atomic E-state index is 4.12. The number of nitrogens with one attached hydrogen (secondary N) is 1. The van der Waals surface area contributed by atoms with Gasteiger partial charge in [0.15, 0.2) is 0 Å². The summed E-state index contributed by atoms with van der Waals surface area (Å²) in [5.41, 5.74) is 5.16. The Balaban J connectivity index is 2.03. The van der Waals surface area contributed by atoms with Crippen LogP contribution in [0.1, 0.15) is 16.7 Å². The van der Waals surface area contributed by atoms with Gasteiger partial charge in [0.2, 0.25) is 0 Å². The number of pyridine rings is 1. The number of hydrogen-bond donors (Lipinski definition) is 1. The average molecular weight is 222 g/mol. The molecule has 0 radical (unpaired) electrons. The van der Waals surface area contributed by atoms with E-state index in [1.165, 1.54) is 22.1 Å². The van der Waals surface area contributed by atoms with Gasteiger partial charge >= 0.3 is 0 Å². The van der Waals surface area contributed by atoms with Crippen LogP contribution in [0.2, 0.25) is 0 Å². The first kappa shape index (κ1) is 10.1. The number of H-pyrrole nitrogens is 1. The topological polar surface area (TPSA) is 28.7 Å². The minimum atomic E-state index is 0.969. The highest BCUT2D eigenvalue weighted by Gasteiger charge is 2.05. The monoisotopic (exact) mass is 222 g/mol. The molecule has 0 atom stereocenters. The van der Waals surface area contributed by atoms with Crippen LogP contribution in [0.4, 0.5) is 0 Å². The number of fused-ring (bicyclic) bond motifs is 1. The lowest BCUT2D eigenvalue weighted by Crippen LogP contribution is -1.90. The minimum absolute atomic E-state index is 0.969. The summed E-state index contributed by atoms with van der Waals surface area (Å²) >= 11 is 0. The number of benzene rings is 1. The lowest BCUT2D eigenvalue weighted by Gasteiger charge is -2.04. The number of hydrogen-bond acceptors (Lipinski definition) is 1. The molecular weight excluding hydrogens is 208 g/mol. The summed E-state index contributed by atoms with van der Waals surface area (Å²) in [7, 11) is 0. The predicted molar refractivity (Wildman–Crippen MR) is 70.1 cm³/mol. The second kappa shape index (κ2) is 4.06. The van der Waals surface area contributed by atoms with Gasteiger partial charge in [-0.2, -0.15) is 0 Å². The molecule has 3 aromatic rings. The van der Waals surface area contributed by atoms with E-state index < -0.39 is 0 Å². The fraction of sp³-hybridized carbons (Fsp3) is 0.133. The molecule has 0 aliphatic carbocycles. The molecule has 2 heteroatoms. The van der Waals surface area contributed by atoms with Crippen molar-refractivity contribution < 1.29 is 0 Å². The molecule has 2 nitrogen and oxygen atoms in total. The van der Waals surface area contributed by atoms with Crippen molar-refractivity contribution >= 4 is 10.9 Å². The number of rotatable bonds is 2. The number of nitrogens with zero attached hydrogens (tertiary/aromatic N) is 1. The highest BCUT2D eigenvalue weighted by atomic mass is 14.7. The Morgan fingerprint density at radius 1 is 1.12 bits per heavy atom. The zero-order chi connectivity index (χ0) is 11.7. The van der Waals surface area contributed by atoms with Crippen molar-refractivity contribution in [3.63, 3.8) is 0 Å². The van der Waals surface area contributed by atoms with E-state index in [4.69, 9.17) is 0 Å². The number of aromatic nitrogens is 2. The first-order valence-electron chi connectivity index (χ1n) is 5.79. The Bertz CT molecular complexity index is 653. The number of aryl methyl sites for hydroxylation is 1. The molecule has 0 bridgehead atoms. The van der Waals surface area contributed by atoms with E-state index in [1.807, 2.05) is 12.4 Å². The minimum Gasteiger partial charge on any atom is -0.360 e. The molecule has 0 spiro atoms. The Kier molecular flexibility index (Phi) is 2.41. The van der Waals surface area contributed by atoms with Crippen LogP contribution in [0.25, 0.3) is 10.9 Å². The zero-order valence-corrected chi connectivity index (χ0v) is 9.77. The molecule has 0 saturated carbocycles. The van der Waals surface area contributed by atoms with E-state index in [0.717, 1.165) is 11.9 Å². The molecule has 0 aliphatic rings.